The van der Waals surface area contributed by atoms with Crippen LogP contribution >= 0.6 is 11.3 Å². The van der Waals surface area contributed by atoms with Crippen LogP contribution in [0.5, 0.6) is 0 Å². The van der Waals surface area contributed by atoms with E-state index < -0.39 is 28.3 Å². The van der Waals surface area contributed by atoms with Gasteiger partial charge in [-0.15, -0.1) is 0 Å². The van der Waals surface area contributed by atoms with Gasteiger partial charge in [-0.2, -0.15) is 0 Å². The van der Waals surface area contributed by atoms with Crippen molar-refractivity contribution in [2.45, 2.75) is 0 Å². The molecule has 0 aliphatic heterocycles. The van der Waals surface area contributed by atoms with Crippen LogP contribution in [-0.4, -0.2) is 33.3 Å². The monoisotopic (exact) mass is 402 g/mol. The van der Waals surface area contributed by atoms with Crippen LogP contribution in [-0.2, 0) is 9.53 Å². The summed E-state index contributed by atoms with van der Waals surface area (Å²) in [6, 6.07) is 8.86. The molecule has 3 rings (SSSR count). The number of hydrogen-bond acceptors (Lipinski definition) is 9. The van der Waals surface area contributed by atoms with Crippen LogP contribution in [0.4, 0.5) is 16.5 Å². The number of thiazole rings is 1. The fourth-order valence-electron chi connectivity index (χ4n) is 2.17. The Bertz CT molecular complexity index is 1090. The van der Waals surface area contributed by atoms with Gasteiger partial charge < -0.3 is 4.74 Å². The fraction of sp³-hybridized carbons (Fsp3) is 0.0625. The van der Waals surface area contributed by atoms with Gasteiger partial charge >= 0.3 is 5.97 Å². The molecule has 12 heteroatoms. The lowest BCUT2D eigenvalue weighted by Gasteiger charge is -2.04. The molecular weight excluding hydrogens is 392 g/mol. The first-order valence-electron chi connectivity index (χ1n) is 7.60. The summed E-state index contributed by atoms with van der Waals surface area (Å²) in [5.41, 5.74) is 0.274. The molecule has 0 aliphatic carbocycles. The molecule has 142 valence electrons. The van der Waals surface area contributed by atoms with Crippen LogP contribution in [0.2, 0.25) is 0 Å². The van der Waals surface area contributed by atoms with Crippen LogP contribution in [0.15, 0.2) is 42.5 Å². The SMILES string of the molecule is O=C(COC(=O)c1ccc([N+](=O)[O-])cc1)Nc1nc2ccc([N+](=O)[O-])cc2s1. The summed E-state index contributed by atoms with van der Waals surface area (Å²) in [4.78, 5) is 48.2. The number of nitrogens with one attached hydrogen (secondary N) is 1. The highest BCUT2D eigenvalue weighted by molar-refractivity contribution is 7.22. The standard InChI is InChI=1S/C16H10N4O7S/c21-14(8-27-15(22)9-1-3-10(4-2-9)19(23)24)18-16-17-12-6-5-11(20(25)26)7-13(12)28-16/h1-7H,8H2,(H,17,18,21). The van der Waals surface area contributed by atoms with E-state index in [-0.39, 0.29) is 22.1 Å². The molecular formula is C16H10N4O7S. The van der Waals surface area contributed by atoms with E-state index in [0.29, 0.717) is 10.2 Å². The highest BCUT2D eigenvalue weighted by Crippen LogP contribution is 2.29. The zero-order valence-corrected chi connectivity index (χ0v) is 14.7. The van der Waals surface area contributed by atoms with Gasteiger partial charge in [0.1, 0.15) is 0 Å². The Hall–Kier alpha value is -3.93. The predicted molar refractivity (Wildman–Crippen MR) is 98.3 cm³/mol. The number of anilines is 1. The van der Waals surface area contributed by atoms with Crippen molar-refractivity contribution in [3.05, 3.63) is 68.3 Å². The third-order valence-electron chi connectivity index (χ3n) is 3.48. The minimum Gasteiger partial charge on any atom is -0.452 e. The van der Waals surface area contributed by atoms with Crippen molar-refractivity contribution in [3.8, 4) is 0 Å². The van der Waals surface area contributed by atoms with E-state index in [4.69, 9.17) is 4.74 Å². The maximum Gasteiger partial charge on any atom is 0.338 e. The second-order valence-corrected chi connectivity index (χ2v) is 6.39. The summed E-state index contributed by atoms with van der Waals surface area (Å²) >= 11 is 1.04. The molecule has 0 unspecified atom stereocenters. The van der Waals surface area contributed by atoms with E-state index in [2.05, 4.69) is 10.3 Å². The van der Waals surface area contributed by atoms with Crippen LogP contribution in [0, 0.1) is 20.2 Å². The smallest absolute Gasteiger partial charge is 0.338 e. The number of rotatable bonds is 6. The lowest BCUT2D eigenvalue weighted by atomic mass is 10.2. The maximum atomic E-state index is 11.9. The zero-order valence-electron chi connectivity index (χ0n) is 13.9. The number of ether oxygens (including phenoxy) is 1. The number of benzene rings is 2. The van der Waals surface area contributed by atoms with Crippen molar-refractivity contribution < 1.29 is 24.2 Å². The Morgan fingerprint density at radius 3 is 2.32 bits per heavy atom. The summed E-state index contributed by atoms with van der Waals surface area (Å²) in [5, 5.41) is 24.0. The molecule has 1 amide bonds. The Morgan fingerprint density at radius 2 is 1.68 bits per heavy atom. The van der Waals surface area contributed by atoms with E-state index in [1.165, 1.54) is 30.3 Å². The van der Waals surface area contributed by atoms with Crippen molar-refractivity contribution >= 4 is 49.9 Å². The highest BCUT2D eigenvalue weighted by atomic mass is 32.1. The van der Waals surface area contributed by atoms with Crippen molar-refractivity contribution in [2.24, 2.45) is 0 Å². The molecule has 2 aromatic carbocycles. The summed E-state index contributed by atoms with van der Waals surface area (Å²) < 4.78 is 5.37. The lowest BCUT2D eigenvalue weighted by Crippen LogP contribution is -2.20. The van der Waals surface area contributed by atoms with Gasteiger partial charge in [0.05, 0.1) is 25.6 Å². The molecule has 0 radical (unpaired) electrons. The number of carbonyl (C=O) groups excluding carboxylic acids is 2. The van der Waals surface area contributed by atoms with E-state index in [9.17, 15) is 29.8 Å². The number of hydrogen-bond donors (Lipinski definition) is 1. The molecule has 1 heterocycles. The molecule has 0 atom stereocenters. The molecule has 0 saturated carbocycles. The van der Waals surface area contributed by atoms with Gasteiger partial charge in [-0.3, -0.25) is 30.3 Å². The van der Waals surface area contributed by atoms with Gasteiger partial charge in [0.25, 0.3) is 17.3 Å². The first-order valence-corrected chi connectivity index (χ1v) is 8.41. The van der Waals surface area contributed by atoms with Gasteiger partial charge in [-0.1, -0.05) is 11.3 Å². The molecule has 0 bridgehead atoms. The number of carbonyl (C=O) groups is 2. The van der Waals surface area contributed by atoms with Crippen molar-refractivity contribution in [1.29, 1.82) is 0 Å². The predicted octanol–water partition coefficient (Wildman–Crippen LogP) is 2.91. The third kappa shape index (κ3) is 4.24. The molecule has 11 nitrogen and oxygen atoms in total. The zero-order chi connectivity index (χ0) is 20.3. The molecule has 1 N–H and O–H groups in total. The Balaban J connectivity index is 1.59. The average molecular weight is 402 g/mol. The minimum absolute atomic E-state index is 0.0608. The van der Waals surface area contributed by atoms with Gasteiger partial charge in [-0.05, 0) is 18.2 Å². The van der Waals surface area contributed by atoms with E-state index in [1.807, 2.05) is 0 Å². The van der Waals surface area contributed by atoms with Gasteiger partial charge in [-0.25, -0.2) is 9.78 Å². The topological polar surface area (TPSA) is 155 Å². The van der Waals surface area contributed by atoms with E-state index in [0.717, 1.165) is 23.5 Å². The number of nitro benzene ring substituents is 2. The fourth-order valence-corrected chi connectivity index (χ4v) is 3.08. The number of amides is 1. The second kappa shape index (κ2) is 7.75. The molecule has 0 saturated heterocycles. The maximum absolute atomic E-state index is 11.9. The first-order chi connectivity index (χ1) is 13.3. The first kappa shape index (κ1) is 18.8. The highest BCUT2D eigenvalue weighted by Gasteiger charge is 2.15. The van der Waals surface area contributed by atoms with Crippen molar-refractivity contribution in [1.82, 2.24) is 4.98 Å². The van der Waals surface area contributed by atoms with Crippen LogP contribution in [0.1, 0.15) is 10.4 Å². The molecule has 0 aliphatic rings. The molecule has 0 spiro atoms. The number of aromatic nitrogens is 1. The summed E-state index contributed by atoms with van der Waals surface area (Å²) in [5.74, 6) is -1.46. The molecule has 3 aromatic rings. The quantitative estimate of drug-likeness (QED) is 0.375. The third-order valence-corrected chi connectivity index (χ3v) is 4.41. The summed E-state index contributed by atoms with van der Waals surface area (Å²) in [7, 11) is 0. The average Bonchev–Trinajstić information content (AvgIpc) is 3.07. The van der Waals surface area contributed by atoms with Crippen LogP contribution < -0.4 is 5.32 Å². The number of nitro groups is 2. The summed E-state index contributed by atoms with van der Waals surface area (Å²) in [6.45, 7) is -0.591. The van der Waals surface area contributed by atoms with Crippen molar-refractivity contribution in [2.75, 3.05) is 11.9 Å². The molecule has 28 heavy (non-hydrogen) atoms. The normalized spacial score (nSPS) is 10.4. The Kier molecular flexibility index (Phi) is 5.22. The number of fused-ring (bicyclic) bond motifs is 1. The van der Waals surface area contributed by atoms with Gasteiger partial charge in [0.2, 0.25) is 0 Å². The Morgan fingerprint density at radius 1 is 1.04 bits per heavy atom. The summed E-state index contributed by atoms with van der Waals surface area (Å²) in [6.07, 6.45) is 0. The molecule has 1 aromatic heterocycles. The van der Waals surface area contributed by atoms with Crippen LogP contribution in [0.3, 0.4) is 0 Å². The Labute approximate surface area is 159 Å². The minimum atomic E-state index is -0.815. The number of esters is 1. The lowest BCUT2D eigenvalue weighted by molar-refractivity contribution is -0.385. The van der Waals surface area contributed by atoms with Crippen molar-refractivity contribution in [3.63, 3.8) is 0 Å². The number of nitrogens with zero attached hydrogens (tertiary/aromatic N) is 3. The number of non-ortho nitro benzene ring substituents is 2. The molecule has 0 fully saturated rings. The van der Waals surface area contributed by atoms with Crippen LogP contribution in [0.25, 0.3) is 10.2 Å². The van der Waals surface area contributed by atoms with E-state index >= 15 is 0 Å². The van der Waals surface area contributed by atoms with Gasteiger partial charge in [0.15, 0.2) is 11.7 Å². The second-order valence-electron chi connectivity index (χ2n) is 5.36. The van der Waals surface area contributed by atoms with Gasteiger partial charge in [0, 0.05) is 24.3 Å². The largest absolute Gasteiger partial charge is 0.452 e. The van der Waals surface area contributed by atoms with E-state index in [1.54, 1.807) is 0 Å².